The van der Waals surface area contributed by atoms with Gasteiger partial charge in [-0.25, -0.2) is 4.39 Å². The van der Waals surface area contributed by atoms with Gasteiger partial charge in [-0.1, -0.05) is 6.07 Å². The van der Waals surface area contributed by atoms with Crippen LogP contribution in [-0.4, -0.2) is 16.7 Å². The zero-order valence-electron chi connectivity index (χ0n) is 12.4. The topological polar surface area (TPSA) is 62.0 Å². The van der Waals surface area contributed by atoms with Crippen molar-refractivity contribution in [2.75, 3.05) is 5.32 Å². The van der Waals surface area contributed by atoms with Gasteiger partial charge in [0.15, 0.2) is 5.78 Å². The van der Waals surface area contributed by atoms with Crippen LogP contribution in [0.5, 0.6) is 0 Å². The number of aryl methyl sites for hydroxylation is 2. The fourth-order valence-corrected chi connectivity index (χ4v) is 2.31. The number of hydrogen-bond donors (Lipinski definition) is 2. The lowest BCUT2D eigenvalue weighted by Crippen LogP contribution is -2.14. The second-order valence-corrected chi connectivity index (χ2v) is 5.10. The smallest absolute Gasteiger partial charge is 0.257 e. The number of Topliss-reactive ketones (excluding diaryl/α,β-unsaturated/α-hetero) is 1. The zero-order valence-corrected chi connectivity index (χ0v) is 12.4. The average molecular weight is 288 g/mol. The summed E-state index contributed by atoms with van der Waals surface area (Å²) in [6, 6.07) is 4.51. The van der Waals surface area contributed by atoms with E-state index in [0.29, 0.717) is 33.8 Å². The summed E-state index contributed by atoms with van der Waals surface area (Å²) in [6.07, 6.45) is 0. The van der Waals surface area contributed by atoms with Crippen molar-refractivity contribution in [3.63, 3.8) is 0 Å². The van der Waals surface area contributed by atoms with Crippen LogP contribution >= 0.6 is 0 Å². The Morgan fingerprint density at radius 3 is 2.38 bits per heavy atom. The maximum atomic E-state index is 13.5. The van der Waals surface area contributed by atoms with Gasteiger partial charge >= 0.3 is 0 Å². The summed E-state index contributed by atoms with van der Waals surface area (Å²) < 4.78 is 13.5. The van der Waals surface area contributed by atoms with E-state index in [0.717, 1.165) is 0 Å². The van der Waals surface area contributed by atoms with Gasteiger partial charge in [-0.05, 0) is 44.0 Å². The lowest BCUT2D eigenvalue weighted by Gasteiger charge is -2.07. The summed E-state index contributed by atoms with van der Waals surface area (Å²) in [5.41, 5.74) is 2.95. The van der Waals surface area contributed by atoms with Gasteiger partial charge in [0, 0.05) is 18.3 Å². The van der Waals surface area contributed by atoms with Crippen LogP contribution < -0.4 is 5.32 Å². The molecular weight excluding hydrogens is 271 g/mol. The number of carbonyl (C=O) groups excluding carboxylic acids is 2. The molecule has 0 bridgehead atoms. The van der Waals surface area contributed by atoms with Crippen molar-refractivity contribution >= 4 is 17.4 Å². The van der Waals surface area contributed by atoms with E-state index in [2.05, 4.69) is 10.3 Å². The van der Waals surface area contributed by atoms with Crippen molar-refractivity contribution in [2.24, 2.45) is 0 Å². The first kappa shape index (κ1) is 15.0. The SMILES string of the molecule is CC(=O)c1[nH]c(C)c(C(=O)Nc2ccc(C)c(F)c2)c1C. The van der Waals surface area contributed by atoms with E-state index in [1.54, 1.807) is 32.9 Å². The Labute approximate surface area is 122 Å². The molecule has 0 radical (unpaired) electrons. The lowest BCUT2D eigenvalue weighted by molar-refractivity contribution is 0.101. The third-order valence-electron chi connectivity index (χ3n) is 3.45. The maximum Gasteiger partial charge on any atom is 0.257 e. The second-order valence-electron chi connectivity index (χ2n) is 5.10. The van der Waals surface area contributed by atoms with Crippen LogP contribution in [0.25, 0.3) is 0 Å². The molecule has 0 saturated carbocycles. The third kappa shape index (κ3) is 2.86. The number of nitrogens with one attached hydrogen (secondary N) is 2. The largest absolute Gasteiger partial charge is 0.355 e. The minimum absolute atomic E-state index is 0.129. The number of benzene rings is 1. The molecule has 0 fully saturated rings. The van der Waals surface area contributed by atoms with Gasteiger partial charge in [0.25, 0.3) is 5.91 Å². The molecule has 0 atom stereocenters. The molecule has 21 heavy (non-hydrogen) atoms. The molecule has 2 N–H and O–H groups in total. The van der Waals surface area contributed by atoms with E-state index >= 15 is 0 Å². The fraction of sp³-hybridized carbons (Fsp3) is 0.250. The van der Waals surface area contributed by atoms with Crippen molar-refractivity contribution in [1.29, 1.82) is 0 Å². The Morgan fingerprint density at radius 1 is 1.19 bits per heavy atom. The van der Waals surface area contributed by atoms with Crippen LogP contribution in [-0.2, 0) is 0 Å². The third-order valence-corrected chi connectivity index (χ3v) is 3.45. The zero-order chi connectivity index (χ0) is 15.7. The van der Waals surface area contributed by atoms with Crippen molar-refractivity contribution in [2.45, 2.75) is 27.7 Å². The highest BCUT2D eigenvalue weighted by atomic mass is 19.1. The number of hydrogen-bond acceptors (Lipinski definition) is 2. The predicted octanol–water partition coefficient (Wildman–Crippen LogP) is 3.53. The van der Waals surface area contributed by atoms with Crippen LogP contribution in [0.2, 0.25) is 0 Å². The van der Waals surface area contributed by atoms with Crippen LogP contribution in [0.3, 0.4) is 0 Å². The van der Waals surface area contributed by atoms with Gasteiger partial charge < -0.3 is 10.3 Å². The Kier molecular flexibility index (Phi) is 3.93. The van der Waals surface area contributed by atoms with Gasteiger partial charge in [0.2, 0.25) is 0 Å². The molecule has 0 aliphatic carbocycles. The van der Waals surface area contributed by atoms with Crippen molar-refractivity contribution in [1.82, 2.24) is 4.98 Å². The van der Waals surface area contributed by atoms with Crippen LogP contribution in [0.1, 0.15) is 44.6 Å². The molecule has 2 aromatic rings. The normalized spacial score (nSPS) is 10.5. The number of anilines is 1. The van der Waals surface area contributed by atoms with Crippen LogP contribution in [0.4, 0.5) is 10.1 Å². The van der Waals surface area contributed by atoms with E-state index in [1.165, 1.54) is 13.0 Å². The molecule has 0 unspecified atom stereocenters. The Bertz CT molecular complexity index is 732. The number of rotatable bonds is 3. The molecule has 0 aliphatic heterocycles. The lowest BCUT2D eigenvalue weighted by atomic mass is 10.1. The summed E-state index contributed by atoms with van der Waals surface area (Å²) in [4.78, 5) is 26.7. The number of halogens is 1. The summed E-state index contributed by atoms with van der Waals surface area (Å²) >= 11 is 0. The van der Waals surface area contributed by atoms with Crippen LogP contribution in [0, 0.1) is 26.6 Å². The Balaban J connectivity index is 2.32. The Hall–Kier alpha value is -2.43. The molecule has 1 amide bonds. The standard InChI is InChI=1S/C16H17FN2O2/c1-8-5-6-12(7-13(8)17)19-16(21)14-9(2)15(11(4)20)18-10(14)3/h5-7,18H,1-4H3,(H,19,21). The van der Waals surface area contributed by atoms with E-state index in [4.69, 9.17) is 0 Å². The van der Waals surface area contributed by atoms with E-state index in [9.17, 15) is 14.0 Å². The number of H-pyrrole nitrogens is 1. The van der Waals surface area contributed by atoms with Gasteiger partial charge in [-0.3, -0.25) is 9.59 Å². The molecule has 0 spiro atoms. The summed E-state index contributed by atoms with van der Waals surface area (Å²) in [5.74, 6) is -0.868. The minimum Gasteiger partial charge on any atom is -0.355 e. The highest BCUT2D eigenvalue weighted by molar-refractivity contribution is 6.08. The van der Waals surface area contributed by atoms with Crippen LogP contribution in [0.15, 0.2) is 18.2 Å². The first-order valence-electron chi connectivity index (χ1n) is 6.59. The molecule has 1 aromatic heterocycles. The van der Waals surface area contributed by atoms with E-state index < -0.39 is 0 Å². The number of amides is 1. The number of aromatic nitrogens is 1. The van der Waals surface area contributed by atoms with Crippen molar-refractivity contribution < 1.29 is 14.0 Å². The van der Waals surface area contributed by atoms with Gasteiger partial charge in [0.05, 0.1) is 11.3 Å². The Morgan fingerprint density at radius 2 is 1.86 bits per heavy atom. The van der Waals surface area contributed by atoms with Crippen molar-refractivity contribution in [3.8, 4) is 0 Å². The van der Waals surface area contributed by atoms with E-state index in [1.807, 2.05) is 0 Å². The molecule has 0 aliphatic rings. The molecule has 0 saturated heterocycles. The molecule has 2 rings (SSSR count). The van der Waals surface area contributed by atoms with E-state index in [-0.39, 0.29) is 17.5 Å². The van der Waals surface area contributed by atoms with Gasteiger partial charge in [0.1, 0.15) is 5.82 Å². The first-order chi connectivity index (χ1) is 9.81. The predicted molar refractivity (Wildman–Crippen MR) is 79.4 cm³/mol. The van der Waals surface area contributed by atoms with Gasteiger partial charge in [-0.15, -0.1) is 0 Å². The summed E-state index contributed by atoms with van der Waals surface area (Å²) in [7, 11) is 0. The fourth-order valence-electron chi connectivity index (χ4n) is 2.31. The number of carbonyl (C=O) groups is 2. The second kappa shape index (κ2) is 5.52. The van der Waals surface area contributed by atoms with Crippen molar-refractivity contribution in [3.05, 3.63) is 52.1 Å². The van der Waals surface area contributed by atoms with Gasteiger partial charge in [-0.2, -0.15) is 0 Å². The molecular formula is C16H17FN2O2. The average Bonchev–Trinajstić information content (AvgIpc) is 2.69. The maximum absolute atomic E-state index is 13.5. The number of aromatic amines is 1. The summed E-state index contributed by atoms with van der Waals surface area (Å²) in [6.45, 7) is 6.53. The highest BCUT2D eigenvalue weighted by Crippen LogP contribution is 2.21. The number of ketones is 1. The molecule has 110 valence electrons. The molecule has 4 nitrogen and oxygen atoms in total. The molecule has 1 aromatic carbocycles. The quantitative estimate of drug-likeness (QED) is 0.849. The summed E-state index contributed by atoms with van der Waals surface area (Å²) in [5, 5.41) is 2.65. The first-order valence-corrected chi connectivity index (χ1v) is 6.59. The minimum atomic E-state index is -0.375. The monoisotopic (exact) mass is 288 g/mol. The molecule has 1 heterocycles. The molecule has 5 heteroatoms. The highest BCUT2D eigenvalue weighted by Gasteiger charge is 2.20.